The van der Waals surface area contributed by atoms with Gasteiger partial charge in [-0.05, 0) is 29.6 Å². The summed E-state index contributed by atoms with van der Waals surface area (Å²) in [5, 5.41) is 9.62. The fourth-order valence-corrected chi connectivity index (χ4v) is 4.04. The van der Waals surface area contributed by atoms with Gasteiger partial charge in [-0.1, -0.05) is 23.9 Å². The maximum atomic E-state index is 9.62. The Morgan fingerprint density at radius 3 is 3.19 bits per heavy atom. The molecular formula is C11H11BO2S2. The van der Waals surface area contributed by atoms with E-state index in [0.29, 0.717) is 6.61 Å². The van der Waals surface area contributed by atoms with Gasteiger partial charge in [-0.25, -0.2) is 0 Å². The molecule has 1 aromatic rings. The zero-order chi connectivity index (χ0) is 11.0. The quantitative estimate of drug-likeness (QED) is 0.813. The summed E-state index contributed by atoms with van der Waals surface area (Å²) in [6.45, 7) is 0.527. The van der Waals surface area contributed by atoms with Crippen LogP contribution >= 0.6 is 23.5 Å². The highest BCUT2D eigenvalue weighted by molar-refractivity contribution is 8.22. The van der Waals surface area contributed by atoms with Gasteiger partial charge in [0.15, 0.2) is 0 Å². The van der Waals surface area contributed by atoms with Crippen molar-refractivity contribution in [2.24, 2.45) is 0 Å². The van der Waals surface area contributed by atoms with Gasteiger partial charge in [-0.3, -0.25) is 0 Å². The van der Waals surface area contributed by atoms with Crippen molar-refractivity contribution in [3.05, 3.63) is 34.1 Å². The van der Waals surface area contributed by atoms with E-state index in [-0.39, 0.29) is 0 Å². The predicted octanol–water partition coefficient (Wildman–Crippen LogP) is 1.97. The molecule has 2 heterocycles. The number of hydrogen-bond donors (Lipinski definition) is 1. The summed E-state index contributed by atoms with van der Waals surface area (Å²) in [4.78, 5) is 1.18. The van der Waals surface area contributed by atoms with Gasteiger partial charge < -0.3 is 9.68 Å². The number of fused-ring (bicyclic) bond motifs is 1. The first kappa shape index (κ1) is 10.8. The van der Waals surface area contributed by atoms with Crippen molar-refractivity contribution in [1.29, 1.82) is 0 Å². The Bertz CT molecular complexity index is 448. The molecular weight excluding hydrogens is 239 g/mol. The third kappa shape index (κ3) is 2.05. The van der Waals surface area contributed by atoms with Crippen LogP contribution in [0.5, 0.6) is 0 Å². The summed E-state index contributed by atoms with van der Waals surface area (Å²) in [7, 11) is -0.735. The molecule has 0 aliphatic carbocycles. The number of allylic oxidation sites excluding steroid dienone is 1. The highest BCUT2D eigenvalue weighted by Gasteiger charge is 2.27. The van der Waals surface area contributed by atoms with Crippen LogP contribution in [0, 0.1) is 0 Å². The van der Waals surface area contributed by atoms with E-state index in [1.165, 1.54) is 21.3 Å². The van der Waals surface area contributed by atoms with Gasteiger partial charge in [0.1, 0.15) is 0 Å². The van der Waals surface area contributed by atoms with E-state index in [0.717, 1.165) is 11.0 Å². The Kier molecular flexibility index (Phi) is 3.02. The number of hydrogen-bond acceptors (Lipinski definition) is 4. The molecule has 0 amide bonds. The monoisotopic (exact) mass is 250 g/mol. The second-order valence-electron chi connectivity index (χ2n) is 3.79. The lowest BCUT2D eigenvalue weighted by atomic mass is 9.80. The van der Waals surface area contributed by atoms with Crippen LogP contribution in [0.1, 0.15) is 12.0 Å². The summed E-state index contributed by atoms with van der Waals surface area (Å²) in [6, 6.07) is 6.19. The molecule has 1 N–H and O–H groups in total. The summed E-state index contributed by atoms with van der Waals surface area (Å²) >= 11 is 3.68. The Balaban J connectivity index is 1.83. The number of benzene rings is 1. The molecule has 0 saturated carbocycles. The van der Waals surface area contributed by atoms with Gasteiger partial charge in [0.2, 0.25) is 0 Å². The second kappa shape index (κ2) is 4.49. The van der Waals surface area contributed by atoms with E-state index in [1.807, 2.05) is 23.9 Å². The molecule has 0 fully saturated rings. The van der Waals surface area contributed by atoms with Crippen LogP contribution < -0.4 is 5.46 Å². The van der Waals surface area contributed by atoms with Crippen molar-refractivity contribution in [3.8, 4) is 0 Å². The first-order valence-electron chi connectivity index (χ1n) is 5.26. The molecule has 2 aliphatic rings. The number of thioether (sulfide) groups is 2. The topological polar surface area (TPSA) is 29.5 Å². The Morgan fingerprint density at radius 2 is 2.38 bits per heavy atom. The molecule has 0 bridgehead atoms. The van der Waals surface area contributed by atoms with Gasteiger partial charge in [0.25, 0.3) is 0 Å². The van der Waals surface area contributed by atoms with Gasteiger partial charge in [0, 0.05) is 14.9 Å². The van der Waals surface area contributed by atoms with Gasteiger partial charge in [0.05, 0.1) is 6.61 Å². The zero-order valence-electron chi connectivity index (χ0n) is 8.68. The Labute approximate surface area is 104 Å². The van der Waals surface area contributed by atoms with Gasteiger partial charge in [-0.15, -0.1) is 11.8 Å². The minimum Gasteiger partial charge on any atom is -0.423 e. The van der Waals surface area contributed by atoms with Crippen molar-refractivity contribution in [3.63, 3.8) is 0 Å². The van der Waals surface area contributed by atoms with Crippen LogP contribution in [0.25, 0.3) is 0 Å². The maximum Gasteiger partial charge on any atom is 0.491 e. The molecule has 16 heavy (non-hydrogen) atoms. The maximum absolute atomic E-state index is 9.62. The normalized spacial score (nSPS) is 18.8. The van der Waals surface area contributed by atoms with Crippen LogP contribution in [0.4, 0.5) is 0 Å². The van der Waals surface area contributed by atoms with Crippen molar-refractivity contribution in [1.82, 2.24) is 0 Å². The van der Waals surface area contributed by atoms with Gasteiger partial charge >= 0.3 is 7.12 Å². The summed E-state index contributed by atoms with van der Waals surface area (Å²) < 4.78 is 6.54. The fourth-order valence-electron chi connectivity index (χ4n) is 1.84. The van der Waals surface area contributed by atoms with E-state index in [4.69, 9.17) is 4.65 Å². The van der Waals surface area contributed by atoms with E-state index in [9.17, 15) is 5.02 Å². The van der Waals surface area contributed by atoms with Crippen molar-refractivity contribution < 1.29 is 9.68 Å². The molecule has 0 unspecified atom stereocenters. The van der Waals surface area contributed by atoms with Crippen LogP contribution in [0.3, 0.4) is 0 Å². The Hall–Kier alpha value is -0.355. The molecule has 0 atom stereocenters. The lowest BCUT2D eigenvalue weighted by molar-refractivity contribution is 0.275. The molecule has 0 aromatic heterocycles. The average molecular weight is 250 g/mol. The van der Waals surface area contributed by atoms with Crippen LogP contribution in [-0.2, 0) is 11.3 Å². The van der Waals surface area contributed by atoms with E-state index >= 15 is 0 Å². The molecule has 0 spiro atoms. The fraction of sp³-hybridized carbons (Fsp3) is 0.273. The Morgan fingerprint density at radius 1 is 1.44 bits per heavy atom. The third-order valence-corrected chi connectivity index (χ3v) is 5.02. The molecule has 82 valence electrons. The highest BCUT2D eigenvalue weighted by Crippen LogP contribution is 2.39. The van der Waals surface area contributed by atoms with Crippen molar-refractivity contribution >= 4 is 36.1 Å². The van der Waals surface area contributed by atoms with Gasteiger partial charge in [-0.2, -0.15) is 0 Å². The first-order valence-corrected chi connectivity index (χ1v) is 7.06. The summed E-state index contributed by atoms with van der Waals surface area (Å²) in [5.41, 5.74) is 2.03. The second-order valence-corrected chi connectivity index (χ2v) is 6.30. The molecule has 0 radical (unpaired) electrons. The van der Waals surface area contributed by atoms with Crippen molar-refractivity contribution in [2.45, 2.75) is 17.9 Å². The van der Waals surface area contributed by atoms with E-state index in [1.54, 1.807) is 11.8 Å². The van der Waals surface area contributed by atoms with Crippen LogP contribution in [0.15, 0.2) is 33.4 Å². The smallest absolute Gasteiger partial charge is 0.423 e. The van der Waals surface area contributed by atoms with Crippen LogP contribution in [0.2, 0.25) is 0 Å². The summed E-state index contributed by atoms with van der Waals surface area (Å²) in [6.07, 6.45) is 3.44. The molecule has 1 aromatic carbocycles. The minimum atomic E-state index is -0.735. The predicted molar refractivity (Wildman–Crippen MR) is 69.9 cm³/mol. The average Bonchev–Trinajstić information content (AvgIpc) is 2.90. The standard InChI is InChI=1S/C11H11BO2S2/c13-12-10-6-9(4-3-8(10)7-14-12)16-11-2-1-5-15-11/h2-4,6,13H,1,5,7H2. The lowest BCUT2D eigenvalue weighted by Gasteiger charge is -2.04. The highest BCUT2D eigenvalue weighted by atomic mass is 32.2. The molecule has 5 heteroatoms. The molecule has 2 aliphatic heterocycles. The third-order valence-electron chi connectivity index (χ3n) is 2.67. The molecule has 2 nitrogen and oxygen atoms in total. The first-order chi connectivity index (χ1) is 7.83. The minimum absolute atomic E-state index is 0.527. The number of rotatable bonds is 2. The molecule has 3 rings (SSSR count). The van der Waals surface area contributed by atoms with Crippen molar-refractivity contribution in [2.75, 3.05) is 5.75 Å². The van der Waals surface area contributed by atoms with Crippen LogP contribution in [-0.4, -0.2) is 17.9 Å². The zero-order valence-corrected chi connectivity index (χ0v) is 10.3. The van der Waals surface area contributed by atoms with E-state index in [2.05, 4.69) is 12.1 Å². The van der Waals surface area contributed by atoms with E-state index < -0.39 is 7.12 Å². The SMILES string of the molecule is OB1OCc2ccc(SC3=CCCS3)cc21. The molecule has 0 saturated heterocycles. The summed E-state index contributed by atoms with van der Waals surface area (Å²) in [5.74, 6) is 1.19. The lowest BCUT2D eigenvalue weighted by Crippen LogP contribution is -2.27. The largest absolute Gasteiger partial charge is 0.491 e.